The van der Waals surface area contributed by atoms with Gasteiger partial charge in [-0.1, -0.05) is 6.92 Å². The highest BCUT2D eigenvalue weighted by Crippen LogP contribution is 2.23. The number of furan rings is 1. The molecule has 2 rings (SSSR count). The average molecular weight is 249 g/mol. The maximum absolute atomic E-state index is 5.41. The highest BCUT2D eigenvalue weighted by molar-refractivity contribution is 7.07. The van der Waals surface area contributed by atoms with Crippen LogP contribution in [0.15, 0.2) is 33.6 Å². The highest BCUT2D eigenvalue weighted by Gasteiger charge is 2.15. The minimum absolute atomic E-state index is 0.364. The van der Waals surface area contributed by atoms with Gasteiger partial charge in [0.25, 0.3) is 0 Å². The van der Waals surface area contributed by atoms with Gasteiger partial charge in [-0.2, -0.15) is 11.3 Å². The Morgan fingerprint density at radius 1 is 1.41 bits per heavy atom. The summed E-state index contributed by atoms with van der Waals surface area (Å²) in [6, 6.07) is 4.64. The second-order valence-corrected chi connectivity index (χ2v) is 5.05. The quantitative estimate of drug-likeness (QED) is 0.839. The van der Waals surface area contributed by atoms with Gasteiger partial charge >= 0.3 is 0 Å². The van der Waals surface area contributed by atoms with Crippen LogP contribution in [0.1, 0.15) is 36.3 Å². The molecule has 0 spiro atoms. The summed E-state index contributed by atoms with van der Waals surface area (Å²) < 4.78 is 5.41. The zero-order valence-electron chi connectivity index (χ0n) is 10.4. The number of nitrogens with one attached hydrogen (secondary N) is 1. The van der Waals surface area contributed by atoms with Crippen molar-refractivity contribution in [2.45, 2.75) is 32.7 Å². The zero-order chi connectivity index (χ0) is 12.1. The molecule has 0 bridgehead atoms. The first-order valence-electron chi connectivity index (χ1n) is 6.09. The Balaban J connectivity index is 2.11. The van der Waals surface area contributed by atoms with Crippen molar-refractivity contribution in [3.63, 3.8) is 0 Å². The van der Waals surface area contributed by atoms with Crippen molar-refractivity contribution in [2.75, 3.05) is 6.54 Å². The van der Waals surface area contributed by atoms with E-state index in [-0.39, 0.29) is 0 Å². The molecule has 0 amide bonds. The summed E-state index contributed by atoms with van der Waals surface area (Å²) in [6.07, 6.45) is 3.96. The van der Waals surface area contributed by atoms with E-state index in [0.29, 0.717) is 6.04 Å². The number of aryl methyl sites for hydroxylation is 1. The minimum atomic E-state index is 0.364. The summed E-state index contributed by atoms with van der Waals surface area (Å²) in [5.74, 6) is 1.02. The number of rotatable bonds is 6. The molecule has 17 heavy (non-hydrogen) atoms. The second kappa shape index (κ2) is 6.03. The fourth-order valence-electron chi connectivity index (χ4n) is 2.01. The summed E-state index contributed by atoms with van der Waals surface area (Å²) in [7, 11) is 0. The summed E-state index contributed by atoms with van der Waals surface area (Å²) in [5, 5.41) is 7.95. The van der Waals surface area contributed by atoms with Gasteiger partial charge in [-0.15, -0.1) is 0 Å². The van der Waals surface area contributed by atoms with E-state index in [2.05, 4.69) is 35.1 Å². The molecule has 2 aromatic heterocycles. The van der Waals surface area contributed by atoms with Crippen LogP contribution >= 0.6 is 11.3 Å². The van der Waals surface area contributed by atoms with Crippen LogP contribution in [0.3, 0.4) is 0 Å². The van der Waals surface area contributed by atoms with Crippen LogP contribution in [0.4, 0.5) is 0 Å². The van der Waals surface area contributed by atoms with Crippen molar-refractivity contribution in [1.29, 1.82) is 0 Å². The third-order valence-electron chi connectivity index (χ3n) is 2.94. The van der Waals surface area contributed by atoms with Crippen LogP contribution in [0.2, 0.25) is 0 Å². The summed E-state index contributed by atoms with van der Waals surface area (Å²) >= 11 is 1.76. The van der Waals surface area contributed by atoms with E-state index in [9.17, 15) is 0 Å². The lowest BCUT2D eigenvalue weighted by Gasteiger charge is -2.17. The maximum Gasteiger partial charge on any atom is 0.105 e. The topological polar surface area (TPSA) is 25.2 Å². The predicted octanol–water partition coefficient (Wildman–Crippen LogP) is 3.93. The van der Waals surface area contributed by atoms with E-state index in [1.807, 2.05) is 6.92 Å². The predicted molar refractivity (Wildman–Crippen MR) is 72.5 cm³/mol. The summed E-state index contributed by atoms with van der Waals surface area (Å²) in [5.41, 5.74) is 2.67. The van der Waals surface area contributed by atoms with Gasteiger partial charge in [-0.3, -0.25) is 0 Å². The molecule has 2 aromatic rings. The Kier molecular flexibility index (Phi) is 4.40. The molecular weight excluding hydrogens is 230 g/mol. The molecule has 0 aliphatic heterocycles. The van der Waals surface area contributed by atoms with Crippen molar-refractivity contribution in [1.82, 2.24) is 5.32 Å². The molecule has 3 heteroatoms. The summed E-state index contributed by atoms with van der Waals surface area (Å²) in [6.45, 7) is 5.26. The third kappa shape index (κ3) is 3.20. The Labute approximate surface area is 107 Å². The van der Waals surface area contributed by atoms with E-state index < -0.39 is 0 Å². The van der Waals surface area contributed by atoms with E-state index in [1.54, 1.807) is 17.6 Å². The average Bonchev–Trinajstić information content (AvgIpc) is 2.95. The molecule has 2 heterocycles. The van der Waals surface area contributed by atoms with Crippen LogP contribution in [-0.4, -0.2) is 6.54 Å². The van der Waals surface area contributed by atoms with Crippen LogP contribution in [0, 0.1) is 6.92 Å². The van der Waals surface area contributed by atoms with Crippen molar-refractivity contribution < 1.29 is 4.42 Å². The number of thiophene rings is 1. The van der Waals surface area contributed by atoms with Crippen LogP contribution in [0.5, 0.6) is 0 Å². The SMILES string of the molecule is CCCNC(Cc1ccsc1)c1ccoc1C. The van der Waals surface area contributed by atoms with E-state index in [0.717, 1.165) is 25.1 Å². The van der Waals surface area contributed by atoms with Gasteiger partial charge in [0.1, 0.15) is 5.76 Å². The molecule has 0 radical (unpaired) electrons. The molecule has 1 unspecified atom stereocenters. The van der Waals surface area contributed by atoms with Crippen LogP contribution < -0.4 is 5.32 Å². The van der Waals surface area contributed by atoms with E-state index in [1.165, 1.54) is 11.1 Å². The molecule has 0 fully saturated rings. The second-order valence-electron chi connectivity index (χ2n) is 4.27. The minimum Gasteiger partial charge on any atom is -0.469 e. The monoisotopic (exact) mass is 249 g/mol. The number of hydrogen-bond acceptors (Lipinski definition) is 3. The van der Waals surface area contributed by atoms with Crippen LogP contribution in [0.25, 0.3) is 0 Å². The molecule has 0 aliphatic rings. The Morgan fingerprint density at radius 3 is 2.88 bits per heavy atom. The van der Waals surface area contributed by atoms with E-state index >= 15 is 0 Å². The smallest absolute Gasteiger partial charge is 0.105 e. The van der Waals surface area contributed by atoms with Gasteiger partial charge in [-0.25, -0.2) is 0 Å². The third-order valence-corrected chi connectivity index (χ3v) is 3.67. The highest BCUT2D eigenvalue weighted by atomic mass is 32.1. The fourth-order valence-corrected chi connectivity index (χ4v) is 2.69. The first-order chi connectivity index (χ1) is 8.31. The fraction of sp³-hybridized carbons (Fsp3) is 0.429. The Hall–Kier alpha value is -1.06. The van der Waals surface area contributed by atoms with Crippen LogP contribution in [-0.2, 0) is 6.42 Å². The first-order valence-corrected chi connectivity index (χ1v) is 7.04. The molecule has 2 nitrogen and oxygen atoms in total. The van der Waals surface area contributed by atoms with Gasteiger partial charge < -0.3 is 9.73 Å². The lowest BCUT2D eigenvalue weighted by Crippen LogP contribution is -2.24. The molecule has 0 aromatic carbocycles. The van der Waals surface area contributed by atoms with Gasteiger partial charge in [0.15, 0.2) is 0 Å². The van der Waals surface area contributed by atoms with Gasteiger partial charge in [0.2, 0.25) is 0 Å². The van der Waals surface area contributed by atoms with Gasteiger partial charge in [0.05, 0.1) is 6.26 Å². The maximum atomic E-state index is 5.41. The molecular formula is C14H19NOS. The Bertz CT molecular complexity index is 433. The van der Waals surface area contributed by atoms with Gasteiger partial charge in [0, 0.05) is 11.6 Å². The van der Waals surface area contributed by atoms with Crippen molar-refractivity contribution in [2.24, 2.45) is 0 Å². The summed E-state index contributed by atoms with van der Waals surface area (Å²) in [4.78, 5) is 0. The molecule has 0 saturated heterocycles. The van der Waals surface area contributed by atoms with E-state index in [4.69, 9.17) is 4.42 Å². The van der Waals surface area contributed by atoms with Crippen molar-refractivity contribution >= 4 is 11.3 Å². The molecule has 0 aliphatic carbocycles. The molecule has 1 N–H and O–H groups in total. The van der Waals surface area contributed by atoms with Gasteiger partial charge in [-0.05, 0) is 54.8 Å². The molecule has 0 saturated carbocycles. The van der Waals surface area contributed by atoms with Crippen molar-refractivity contribution in [3.05, 3.63) is 46.0 Å². The molecule has 92 valence electrons. The zero-order valence-corrected chi connectivity index (χ0v) is 11.2. The lowest BCUT2D eigenvalue weighted by molar-refractivity contribution is 0.494. The Morgan fingerprint density at radius 2 is 2.29 bits per heavy atom. The molecule has 1 atom stereocenters. The standard InChI is InChI=1S/C14H19NOS/c1-3-6-15-14(9-12-5-8-17-10-12)13-4-7-16-11(13)2/h4-5,7-8,10,14-15H,3,6,9H2,1-2H3. The normalized spacial score (nSPS) is 12.8. The first kappa shape index (κ1) is 12.4. The lowest BCUT2D eigenvalue weighted by atomic mass is 10.0. The number of hydrogen-bond donors (Lipinski definition) is 1. The largest absolute Gasteiger partial charge is 0.469 e. The van der Waals surface area contributed by atoms with Crippen molar-refractivity contribution in [3.8, 4) is 0 Å².